The van der Waals surface area contributed by atoms with E-state index < -0.39 is 5.41 Å². The van der Waals surface area contributed by atoms with Gasteiger partial charge in [0.2, 0.25) is 0 Å². The number of hydrogen-bond acceptors (Lipinski definition) is 1. The van der Waals surface area contributed by atoms with Crippen LogP contribution in [0.2, 0.25) is 0 Å². The zero-order valence-corrected chi connectivity index (χ0v) is 40.2. The number of para-hydroxylation sites is 1. The lowest BCUT2D eigenvalue weighted by molar-refractivity contribution is 0.423. The Morgan fingerprint density at radius 1 is 0.338 bits per heavy atom. The molecule has 0 aliphatic heterocycles. The third kappa shape index (κ3) is 6.78. The van der Waals surface area contributed by atoms with Crippen LogP contribution in [0.1, 0.15) is 43.0 Å². The highest BCUT2D eigenvalue weighted by Gasteiger charge is 2.47. The summed E-state index contributed by atoms with van der Waals surface area (Å²) in [7, 11) is 0. The Bertz CT molecular complexity index is 3900. The first-order valence-corrected chi connectivity index (χ1v) is 24.8. The van der Waals surface area contributed by atoms with Crippen LogP contribution in [-0.2, 0) is 11.0 Å². The minimum atomic E-state index is -0.601. The van der Waals surface area contributed by atoms with Crippen molar-refractivity contribution in [3.63, 3.8) is 0 Å². The molecule has 1 heterocycles. The van der Waals surface area contributed by atoms with Crippen LogP contribution in [0.4, 0.5) is 17.1 Å². The molecule has 338 valence electrons. The van der Waals surface area contributed by atoms with Gasteiger partial charge in [-0.1, -0.05) is 218 Å². The maximum Gasteiger partial charge on any atom is 0.0714 e. The van der Waals surface area contributed by atoms with Gasteiger partial charge in [0.05, 0.1) is 10.9 Å². The van der Waals surface area contributed by atoms with Crippen molar-refractivity contribution in [2.45, 2.75) is 31.7 Å². The first-order valence-electron chi connectivity index (χ1n) is 24.8. The molecule has 0 saturated carbocycles. The molecule has 0 radical (unpaired) electrons. The molecule has 0 unspecified atom stereocenters. The molecule has 71 heavy (non-hydrogen) atoms. The molecule has 0 atom stereocenters. The van der Waals surface area contributed by atoms with E-state index in [4.69, 9.17) is 0 Å². The Kier molecular flexibility index (Phi) is 10.0. The summed E-state index contributed by atoms with van der Waals surface area (Å²) in [4.78, 5) is 2.50. The van der Waals surface area contributed by atoms with E-state index in [1.54, 1.807) is 0 Å². The second-order valence-corrected chi connectivity index (χ2v) is 20.0. The van der Waals surface area contributed by atoms with Gasteiger partial charge in [0, 0.05) is 38.9 Å². The molecular weight excluding hydrogens is 857 g/mol. The maximum absolute atomic E-state index is 2.53. The third-order valence-electron chi connectivity index (χ3n) is 14.9. The molecule has 0 amide bonds. The van der Waals surface area contributed by atoms with E-state index in [1.807, 2.05) is 0 Å². The smallest absolute Gasteiger partial charge is 0.0714 e. The van der Waals surface area contributed by atoms with Gasteiger partial charge in [-0.3, -0.25) is 0 Å². The monoisotopic (exact) mass is 908 g/mol. The number of aromatic nitrogens is 1. The number of fused-ring (bicyclic) bond motifs is 7. The average Bonchev–Trinajstić information content (AvgIpc) is 3.93. The van der Waals surface area contributed by atoms with E-state index in [2.05, 4.69) is 291 Å². The summed E-state index contributed by atoms with van der Waals surface area (Å²) in [6, 6.07) is 96.8. The van der Waals surface area contributed by atoms with Crippen LogP contribution in [0.5, 0.6) is 0 Å². The molecule has 12 aromatic rings. The molecule has 0 bridgehead atoms. The molecule has 1 aliphatic rings. The molecule has 0 saturated heterocycles. The van der Waals surface area contributed by atoms with Gasteiger partial charge >= 0.3 is 0 Å². The zero-order valence-electron chi connectivity index (χ0n) is 40.2. The Labute approximate surface area is 416 Å². The van der Waals surface area contributed by atoms with Gasteiger partial charge in [0.25, 0.3) is 0 Å². The fourth-order valence-electron chi connectivity index (χ4n) is 12.0. The van der Waals surface area contributed by atoms with Gasteiger partial charge < -0.3 is 9.47 Å². The van der Waals surface area contributed by atoms with Crippen molar-refractivity contribution in [3.05, 3.63) is 283 Å². The number of rotatable bonds is 8. The molecular formula is C69H52N2. The van der Waals surface area contributed by atoms with Crippen LogP contribution >= 0.6 is 0 Å². The van der Waals surface area contributed by atoms with Crippen molar-refractivity contribution in [2.24, 2.45) is 0 Å². The van der Waals surface area contributed by atoms with Crippen molar-refractivity contribution in [1.82, 2.24) is 4.57 Å². The Hall–Kier alpha value is -8.72. The topological polar surface area (TPSA) is 8.17 Å². The third-order valence-corrected chi connectivity index (χ3v) is 14.9. The predicted molar refractivity (Wildman–Crippen MR) is 300 cm³/mol. The van der Waals surface area contributed by atoms with Gasteiger partial charge in [-0.25, -0.2) is 0 Å². The van der Waals surface area contributed by atoms with Crippen LogP contribution in [0.25, 0.3) is 77.1 Å². The molecule has 1 aromatic heterocycles. The van der Waals surface area contributed by atoms with Gasteiger partial charge in [-0.15, -0.1) is 0 Å². The van der Waals surface area contributed by atoms with Crippen molar-refractivity contribution < 1.29 is 0 Å². The molecule has 1 aliphatic carbocycles. The van der Waals surface area contributed by atoms with E-state index in [9.17, 15) is 0 Å². The first kappa shape index (κ1) is 42.4. The van der Waals surface area contributed by atoms with E-state index in [0.717, 1.165) is 17.1 Å². The van der Waals surface area contributed by atoms with Crippen LogP contribution in [0, 0.1) is 0 Å². The zero-order chi connectivity index (χ0) is 47.7. The highest BCUT2D eigenvalue weighted by atomic mass is 15.1. The summed E-state index contributed by atoms with van der Waals surface area (Å²) in [5.41, 5.74) is 19.7. The van der Waals surface area contributed by atoms with Gasteiger partial charge in [-0.05, 0) is 141 Å². The lowest BCUT2D eigenvalue weighted by Gasteiger charge is -2.35. The summed E-state index contributed by atoms with van der Waals surface area (Å²) < 4.78 is 2.53. The number of hydrogen-bond donors (Lipinski definition) is 0. The summed E-state index contributed by atoms with van der Waals surface area (Å²) in [6.45, 7) is 6.95. The Balaban J connectivity index is 1.11. The standard InChI is InChI=1S/C69H52N2/c1-68(2,3)71-64-35-21-19-32-58(64)59-43-41-54(46-65(59)71)70(53-39-36-49(37-40-53)57-42-38-48-24-16-17-31-56(48)66(57)50-25-10-5-11-26-50)55-44-61(47-22-8-4-9-23-47)67-60-33-18-20-34-62(60)69(63(67)45-55,51-27-12-6-13-28-51)52-29-14-7-15-30-52/h4-46H,1-3H3. The largest absolute Gasteiger partial charge is 0.335 e. The van der Waals surface area contributed by atoms with E-state index in [-0.39, 0.29) is 5.54 Å². The fraction of sp³-hybridized carbons (Fsp3) is 0.0725. The summed E-state index contributed by atoms with van der Waals surface area (Å²) in [5.74, 6) is 0. The van der Waals surface area contributed by atoms with Crippen molar-refractivity contribution in [2.75, 3.05) is 4.90 Å². The average molecular weight is 909 g/mol. The quantitative estimate of drug-likeness (QED) is 0.147. The van der Waals surface area contributed by atoms with Gasteiger partial charge in [-0.2, -0.15) is 0 Å². The van der Waals surface area contributed by atoms with Gasteiger partial charge in [0.15, 0.2) is 0 Å². The molecule has 0 fully saturated rings. The summed E-state index contributed by atoms with van der Waals surface area (Å²) in [5, 5.41) is 5.00. The second kappa shape index (κ2) is 16.8. The minimum absolute atomic E-state index is 0.173. The molecule has 13 rings (SSSR count). The van der Waals surface area contributed by atoms with E-state index in [1.165, 1.54) is 99.3 Å². The fourth-order valence-corrected chi connectivity index (χ4v) is 12.0. The van der Waals surface area contributed by atoms with E-state index in [0.29, 0.717) is 0 Å². The predicted octanol–water partition coefficient (Wildman–Crippen LogP) is 18.5. The Morgan fingerprint density at radius 3 is 1.58 bits per heavy atom. The van der Waals surface area contributed by atoms with E-state index >= 15 is 0 Å². The lowest BCUT2D eigenvalue weighted by atomic mass is 9.67. The van der Waals surface area contributed by atoms with Gasteiger partial charge in [0.1, 0.15) is 0 Å². The molecule has 0 N–H and O–H groups in total. The Morgan fingerprint density at radius 2 is 0.887 bits per heavy atom. The molecule has 2 nitrogen and oxygen atoms in total. The van der Waals surface area contributed by atoms with Crippen LogP contribution in [0.15, 0.2) is 261 Å². The normalized spacial score (nSPS) is 12.8. The van der Waals surface area contributed by atoms with Crippen molar-refractivity contribution >= 4 is 49.6 Å². The maximum atomic E-state index is 2.53. The second-order valence-electron chi connectivity index (χ2n) is 20.0. The summed E-state index contributed by atoms with van der Waals surface area (Å²) >= 11 is 0. The lowest BCUT2D eigenvalue weighted by Crippen LogP contribution is -2.28. The molecule has 0 spiro atoms. The van der Waals surface area contributed by atoms with Crippen LogP contribution in [-0.4, -0.2) is 4.57 Å². The van der Waals surface area contributed by atoms with Crippen LogP contribution in [0.3, 0.4) is 0 Å². The first-order chi connectivity index (χ1) is 34.9. The van der Waals surface area contributed by atoms with Crippen LogP contribution < -0.4 is 4.90 Å². The number of anilines is 3. The van der Waals surface area contributed by atoms with Crippen molar-refractivity contribution in [1.29, 1.82) is 0 Å². The minimum Gasteiger partial charge on any atom is -0.335 e. The SMILES string of the molecule is CC(C)(C)n1c2ccccc2c2ccc(N(c3ccc(-c4ccc5ccccc5c4-c4ccccc4)cc3)c3cc(-c4ccccc4)c4c(c3)C(c3ccccc3)(c3ccccc3)c3ccccc3-4)cc21. The number of benzene rings is 11. The molecule has 2 heteroatoms. The highest BCUT2D eigenvalue weighted by molar-refractivity contribution is 6.10. The number of nitrogens with zero attached hydrogens (tertiary/aromatic N) is 2. The summed E-state index contributed by atoms with van der Waals surface area (Å²) in [6.07, 6.45) is 0. The molecule has 11 aromatic carbocycles. The highest BCUT2D eigenvalue weighted by Crippen LogP contribution is 2.60. The van der Waals surface area contributed by atoms with Crippen molar-refractivity contribution in [3.8, 4) is 44.5 Å².